The number of hydrogen-bond acceptors (Lipinski definition) is 3. The highest BCUT2D eigenvalue weighted by Gasteiger charge is 2.32. The summed E-state index contributed by atoms with van der Waals surface area (Å²) in [6.07, 6.45) is 4.06. The molecule has 2 fully saturated rings. The van der Waals surface area contributed by atoms with Gasteiger partial charge in [-0.25, -0.2) is 4.72 Å². The van der Waals surface area contributed by atoms with Crippen LogP contribution in [0, 0.1) is 5.92 Å². The standard InChI is InChI=1S/C9H16N2O3S/c12-9(8-3-1-2-4-8)7-11-6-5-10-15(11,13)14/h8,10H,1-7H2. The highest BCUT2D eigenvalue weighted by atomic mass is 32.2. The Bertz CT molecular complexity index is 346. The Balaban J connectivity index is 1.94. The first-order valence-corrected chi connectivity index (χ1v) is 6.81. The molecule has 6 heteroatoms. The van der Waals surface area contributed by atoms with E-state index in [1.165, 1.54) is 4.31 Å². The van der Waals surface area contributed by atoms with Crippen LogP contribution in [0.15, 0.2) is 0 Å². The number of rotatable bonds is 3. The Hall–Kier alpha value is -0.460. The summed E-state index contributed by atoms with van der Waals surface area (Å²) in [7, 11) is -3.35. The Morgan fingerprint density at radius 2 is 2.00 bits per heavy atom. The molecule has 0 amide bonds. The maximum atomic E-state index is 11.8. The molecule has 15 heavy (non-hydrogen) atoms. The molecule has 1 aliphatic heterocycles. The summed E-state index contributed by atoms with van der Waals surface area (Å²) in [4.78, 5) is 11.8. The van der Waals surface area contributed by atoms with Crippen molar-refractivity contribution in [1.82, 2.24) is 9.03 Å². The zero-order chi connectivity index (χ0) is 10.9. The summed E-state index contributed by atoms with van der Waals surface area (Å²) in [6.45, 7) is 0.890. The lowest BCUT2D eigenvalue weighted by Gasteiger charge is -2.14. The first-order valence-electron chi connectivity index (χ1n) is 5.37. The molecule has 1 heterocycles. The molecule has 1 saturated carbocycles. The van der Waals surface area contributed by atoms with Gasteiger partial charge in [-0.1, -0.05) is 12.8 Å². The Morgan fingerprint density at radius 1 is 1.33 bits per heavy atom. The highest BCUT2D eigenvalue weighted by molar-refractivity contribution is 7.87. The lowest BCUT2D eigenvalue weighted by molar-refractivity contribution is -0.122. The largest absolute Gasteiger partial charge is 0.298 e. The molecule has 5 nitrogen and oxygen atoms in total. The van der Waals surface area contributed by atoms with Crippen LogP contribution >= 0.6 is 0 Å². The maximum absolute atomic E-state index is 11.8. The van der Waals surface area contributed by atoms with Crippen molar-refractivity contribution in [2.45, 2.75) is 25.7 Å². The fourth-order valence-corrected chi connectivity index (χ4v) is 3.39. The third-order valence-corrected chi connectivity index (χ3v) is 4.69. The van der Waals surface area contributed by atoms with Gasteiger partial charge in [-0.3, -0.25) is 4.79 Å². The van der Waals surface area contributed by atoms with Gasteiger partial charge in [-0.15, -0.1) is 0 Å². The molecule has 0 aromatic carbocycles. The molecule has 0 spiro atoms. The second kappa shape index (κ2) is 4.19. The van der Waals surface area contributed by atoms with Gasteiger partial charge in [0.15, 0.2) is 5.78 Å². The normalized spacial score (nSPS) is 27.2. The van der Waals surface area contributed by atoms with Crippen molar-refractivity contribution in [3.63, 3.8) is 0 Å². The Labute approximate surface area is 90.0 Å². The van der Waals surface area contributed by atoms with E-state index in [4.69, 9.17) is 0 Å². The van der Waals surface area contributed by atoms with Crippen molar-refractivity contribution in [2.24, 2.45) is 5.92 Å². The molecule has 2 aliphatic rings. The molecule has 0 atom stereocenters. The van der Waals surface area contributed by atoms with E-state index in [2.05, 4.69) is 4.72 Å². The summed E-state index contributed by atoms with van der Waals surface area (Å²) in [5.74, 6) is 0.181. The molecule has 86 valence electrons. The number of carbonyl (C=O) groups excluding carboxylic acids is 1. The van der Waals surface area contributed by atoms with Crippen LogP contribution in [0.3, 0.4) is 0 Å². The van der Waals surface area contributed by atoms with Crippen molar-refractivity contribution >= 4 is 16.0 Å². The molecular formula is C9H16N2O3S. The quantitative estimate of drug-likeness (QED) is 0.738. The monoisotopic (exact) mass is 232 g/mol. The van der Waals surface area contributed by atoms with Crippen molar-refractivity contribution in [2.75, 3.05) is 19.6 Å². The SMILES string of the molecule is O=C(CN1CCNS1(=O)=O)C1CCCC1. The summed E-state index contributed by atoms with van der Waals surface area (Å²) >= 11 is 0. The van der Waals surface area contributed by atoms with Crippen LogP contribution in [0.25, 0.3) is 0 Å². The molecule has 0 bridgehead atoms. The van der Waals surface area contributed by atoms with E-state index in [0.717, 1.165) is 25.7 Å². The van der Waals surface area contributed by atoms with Crippen LogP contribution in [0.2, 0.25) is 0 Å². The molecule has 1 N–H and O–H groups in total. The van der Waals surface area contributed by atoms with Gasteiger partial charge in [-0.05, 0) is 12.8 Å². The molecule has 0 unspecified atom stereocenters. The number of hydrogen-bond donors (Lipinski definition) is 1. The zero-order valence-corrected chi connectivity index (χ0v) is 9.42. The summed E-state index contributed by atoms with van der Waals surface area (Å²) in [6, 6.07) is 0. The topological polar surface area (TPSA) is 66.5 Å². The van der Waals surface area contributed by atoms with Crippen molar-refractivity contribution in [3.8, 4) is 0 Å². The third kappa shape index (κ3) is 2.38. The fourth-order valence-electron chi connectivity index (χ4n) is 2.23. The van der Waals surface area contributed by atoms with Gasteiger partial charge in [0.05, 0.1) is 6.54 Å². The van der Waals surface area contributed by atoms with Crippen molar-refractivity contribution in [3.05, 3.63) is 0 Å². The highest BCUT2D eigenvalue weighted by Crippen LogP contribution is 2.26. The van der Waals surface area contributed by atoms with Crippen LogP contribution < -0.4 is 4.72 Å². The number of carbonyl (C=O) groups is 1. The smallest absolute Gasteiger partial charge is 0.279 e. The first kappa shape index (κ1) is 11.0. The minimum Gasteiger partial charge on any atom is -0.298 e. The fraction of sp³-hybridized carbons (Fsp3) is 0.889. The number of nitrogens with one attached hydrogen (secondary N) is 1. The molecule has 0 aromatic rings. The van der Waals surface area contributed by atoms with Gasteiger partial charge in [0.25, 0.3) is 10.2 Å². The summed E-state index contributed by atoms with van der Waals surface area (Å²) in [5, 5.41) is 0. The molecular weight excluding hydrogens is 216 g/mol. The molecule has 1 saturated heterocycles. The van der Waals surface area contributed by atoms with E-state index < -0.39 is 10.2 Å². The molecule has 0 aromatic heterocycles. The summed E-state index contributed by atoms with van der Waals surface area (Å²) in [5.41, 5.74) is 0. The molecule has 1 aliphatic carbocycles. The van der Waals surface area contributed by atoms with Gasteiger partial charge in [0, 0.05) is 19.0 Å². The summed E-state index contributed by atoms with van der Waals surface area (Å²) < 4.78 is 26.4. The second-order valence-electron chi connectivity index (χ2n) is 4.18. The van der Waals surface area contributed by atoms with Gasteiger partial charge in [0.1, 0.15) is 0 Å². The van der Waals surface area contributed by atoms with Crippen LogP contribution in [-0.4, -0.2) is 38.1 Å². The van der Waals surface area contributed by atoms with Gasteiger partial charge in [-0.2, -0.15) is 12.7 Å². The van der Waals surface area contributed by atoms with Gasteiger partial charge >= 0.3 is 0 Å². The van der Waals surface area contributed by atoms with E-state index in [0.29, 0.717) is 13.1 Å². The lowest BCUT2D eigenvalue weighted by Crippen LogP contribution is -2.35. The van der Waals surface area contributed by atoms with Crippen LogP contribution in [-0.2, 0) is 15.0 Å². The van der Waals surface area contributed by atoms with Crippen LogP contribution in [0.5, 0.6) is 0 Å². The second-order valence-corrected chi connectivity index (χ2v) is 5.94. The van der Waals surface area contributed by atoms with E-state index in [1.54, 1.807) is 0 Å². The first-order chi connectivity index (χ1) is 7.09. The van der Waals surface area contributed by atoms with Gasteiger partial charge in [0.2, 0.25) is 0 Å². The van der Waals surface area contributed by atoms with Crippen molar-refractivity contribution < 1.29 is 13.2 Å². The van der Waals surface area contributed by atoms with Crippen LogP contribution in [0.4, 0.5) is 0 Å². The zero-order valence-electron chi connectivity index (χ0n) is 8.61. The lowest BCUT2D eigenvalue weighted by atomic mass is 10.0. The molecule has 2 rings (SSSR count). The average molecular weight is 232 g/mol. The third-order valence-electron chi connectivity index (χ3n) is 3.13. The van der Waals surface area contributed by atoms with E-state index in [-0.39, 0.29) is 18.2 Å². The predicted molar refractivity (Wildman–Crippen MR) is 55.5 cm³/mol. The Kier molecular flexibility index (Phi) is 3.08. The number of nitrogens with zero attached hydrogens (tertiary/aromatic N) is 1. The van der Waals surface area contributed by atoms with E-state index >= 15 is 0 Å². The number of ketones is 1. The van der Waals surface area contributed by atoms with E-state index in [1.807, 2.05) is 0 Å². The van der Waals surface area contributed by atoms with Crippen LogP contribution in [0.1, 0.15) is 25.7 Å². The average Bonchev–Trinajstić information content (AvgIpc) is 2.76. The minimum absolute atomic E-state index is 0.0556. The molecule has 0 radical (unpaired) electrons. The maximum Gasteiger partial charge on any atom is 0.279 e. The van der Waals surface area contributed by atoms with Gasteiger partial charge < -0.3 is 0 Å². The number of Topliss-reactive ketones (excluding diaryl/α,β-unsaturated/α-hetero) is 1. The predicted octanol–water partition coefficient (Wildman–Crippen LogP) is -0.104. The van der Waals surface area contributed by atoms with E-state index in [9.17, 15) is 13.2 Å². The minimum atomic E-state index is -3.35. The Morgan fingerprint density at radius 3 is 2.53 bits per heavy atom. The van der Waals surface area contributed by atoms with Crippen molar-refractivity contribution in [1.29, 1.82) is 0 Å².